The van der Waals surface area contributed by atoms with E-state index in [0.29, 0.717) is 6.54 Å². The van der Waals surface area contributed by atoms with Crippen LogP contribution in [0.15, 0.2) is 48.8 Å². The Morgan fingerprint density at radius 2 is 2.04 bits per heavy atom. The van der Waals surface area contributed by atoms with Gasteiger partial charge in [0.05, 0.1) is 6.04 Å². The van der Waals surface area contributed by atoms with Crippen molar-refractivity contribution >= 4 is 11.8 Å². The van der Waals surface area contributed by atoms with E-state index in [0.717, 1.165) is 16.8 Å². The molecule has 0 spiro atoms. The van der Waals surface area contributed by atoms with Crippen molar-refractivity contribution in [2.24, 2.45) is 0 Å². The summed E-state index contributed by atoms with van der Waals surface area (Å²) in [6.07, 6.45) is 3.20. The first-order valence-corrected chi connectivity index (χ1v) is 8.06. The molecule has 1 heterocycles. The number of carbonyl (C=O) groups excluding carboxylic acids is 1. The highest BCUT2D eigenvalue weighted by atomic mass is 16.6. The van der Waals surface area contributed by atoms with Gasteiger partial charge in [-0.25, -0.2) is 4.79 Å². The molecule has 2 rings (SSSR count). The molecule has 1 atom stereocenters. The molecule has 0 fully saturated rings. The van der Waals surface area contributed by atoms with E-state index in [2.05, 4.69) is 22.5 Å². The number of ether oxygens (including phenoxy) is 1. The molecule has 5 heteroatoms. The van der Waals surface area contributed by atoms with Crippen LogP contribution in [0.25, 0.3) is 0 Å². The number of rotatable bonds is 5. The lowest BCUT2D eigenvalue weighted by Crippen LogP contribution is -2.32. The molecule has 2 aromatic rings. The van der Waals surface area contributed by atoms with Crippen molar-refractivity contribution in [3.63, 3.8) is 0 Å². The van der Waals surface area contributed by atoms with Gasteiger partial charge in [0.2, 0.25) is 0 Å². The van der Waals surface area contributed by atoms with Crippen LogP contribution >= 0.6 is 0 Å². The van der Waals surface area contributed by atoms with Crippen LogP contribution in [-0.4, -0.2) is 16.7 Å². The molecule has 1 aromatic heterocycles. The lowest BCUT2D eigenvalue weighted by atomic mass is 10.1. The van der Waals surface area contributed by atoms with Gasteiger partial charge >= 0.3 is 6.09 Å². The van der Waals surface area contributed by atoms with Crippen molar-refractivity contribution in [3.05, 3.63) is 59.9 Å². The minimum absolute atomic E-state index is 0.146. The monoisotopic (exact) mass is 327 g/mol. The van der Waals surface area contributed by atoms with Gasteiger partial charge in [-0.2, -0.15) is 0 Å². The molecule has 0 aliphatic rings. The third-order valence-electron chi connectivity index (χ3n) is 3.33. The SMILES string of the molecule is CC(Nc1cccc(CNC(=O)OC(C)(C)C)c1)c1cccnc1. The number of nitrogens with one attached hydrogen (secondary N) is 2. The van der Waals surface area contributed by atoms with Gasteiger partial charge in [0, 0.05) is 24.6 Å². The fourth-order valence-electron chi connectivity index (χ4n) is 2.22. The van der Waals surface area contributed by atoms with Crippen LogP contribution < -0.4 is 10.6 Å². The summed E-state index contributed by atoms with van der Waals surface area (Å²) in [5.74, 6) is 0. The van der Waals surface area contributed by atoms with Gasteiger partial charge in [0.1, 0.15) is 5.60 Å². The van der Waals surface area contributed by atoms with E-state index < -0.39 is 11.7 Å². The highest BCUT2D eigenvalue weighted by Crippen LogP contribution is 2.19. The Kier molecular flexibility index (Phi) is 5.79. The first-order valence-electron chi connectivity index (χ1n) is 8.06. The second-order valence-corrected chi connectivity index (χ2v) is 6.71. The summed E-state index contributed by atoms with van der Waals surface area (Å²) in [5, 5.41) is 6.21. The molecule has 0 bridgehead atoms. The minimum Gasteiger partial charge on any atom is -0.444 e. The van der Waals surface area contributed by atoms with Crippen LogP contribution in [0.1, 0.15) is 44.9 Å². The van der Waals surface area contributed by atoms with Gasteiger partial charge in [0.15, 0.2) is 0 Å². The Hall–Kier alpha value is -2.56. The molecule has 0 saturated carbocycles. The van der Waals surface area contributed by atoms with Crippen molar-refractivity contribution in [1.29, 1.82) is 0 Å². The Labute approximate surface area is 143 Å². The second-order valence-electron chi connectivity index (χ2n) is 6.71. The van der Waals surface area contributed by atoms with Crippen molar-refractivity contribution in [3.8, 4) is 0 Å². The summed E-state index contributed by atoms with van der Waals surface area (Å²) in [6, 6.07) is 12.1. The van der Waals surface area contributed by atoms with Crippen LogP contribution in [0.4, 0.5) is 10.5 Å². The van der Waals surface area contributed by atoms with Crippen LogP contribution in [0.2, 0.25) is 0 Å². The Morgan fingerprint density at radius 3 is 2.71 bits per heavy atom. The number of carbonyl (C=O) groups is 1. The molecular weight excluding hydrogens is 302 g/mol. The van der Waals surface area contributed by atoms with Crippen molar-refractivity contribution in [2.75, 3.05) is 5.32 Å². The first kappa shape index (κ1) is 17.8. The Morgan fingerprint density at radius 1 is 1.25 bits per heavy atom. The number of alkyl carbamates (subject to hydrolysis) is 1. The number of anilines is 1. The quantitative estimate of drug-likeness (QED) is 0.860. The number of aromatic nitrogens is 1. The lowest BCUT2D eigenvalue weighted by Gasteiger charge is -2.20. The maximum absolute atomic E-state index is 11.7. The minimum atomic E-state index is -0.493. The standard InChI is InChI=1S/C19H25N3O2/c1-14(16-8-6-10-20-13-16)22-17-9-5-7-15(11-17)12-21-18(23)24-19(2,3)4/h5-11,13-14,22H,12H2,1-4H3,(H,21,23). The summed E-state index contributed by atoms with van der Waals surface area (Å²) < 4.78 is 5.24. The van der Waals surface area contributed by atoms with Gasteiger partial charge in [-0.3, -0.25) is 4.98 Å². The smallest absolute Gasteiger partial charge is 0.407 e. The molecule has 1 amide bonds. The molecule has 2 N–H and O–H groups in total. The average Bonchev–Trinajstić information content (AvgIpc) is 2.52. The van der Waals surface area contributed by atoms with E-state index in [1.54, 1.807) is 6.20 Å². The fraction of sp³-hybridized carbons (Fsp3) is 0.368. The fourth-order valence-corrected chi connectivity index (χ4v) is 2.22. The van der Waals surface area contributed by atoms with E-state index in [1.165, 1.54) is 0 Å². The maximum Gasteiger partial charge on any atom is 0.407 e. The Balaban J connectivity index is 1.93. The number of amides is 1. The Bertz CT molecular complexity index is 666. The predicted octanol–water partition coefficient (Wildman–Crippen LogP) is 4.28. The molecule has 1 aromatic carbocycles. The number of hydrogen-bond acceptors (Lipinski definition) is 4. The molecule has 0 saturated heterocycles. The van der Waals surface area contributed by atoms with E-state index in [9.17, 15) is 4.79 Å². The number of nitrogens with zero attached hydrogens (tertiary/aromatic N) is 1. The largest absolute Gasteiger partial charge is 0.444 e. The maximum atomic E-state index is 11.7. The third-order valence-corrected chi connectivity index (χ3v) is 3.33. The van der Waals surface area contributed by atoms with Gasteiger partial charge in [0.25, 0.3) is 0 Å². The third kappa shape index (κ3) is 5.91. The topological polar surface area (TPSA) is 63.2 Å². The van der Waals surface area contributed by atoms with Crippen LogP contribution in [0.5, 0.6) is 0 Å². The highest BCUT2D eigenvalue weighted by Gasteiger charge is 2.15. The molecule has 1 unspecified atom stereocenters. The zero-order valence-electron chi connectivity index (χ0n) is 14.7. The van der Waals surface area contributed by atoms with E-state index >= 15 is 0 Å². The van der Waals surface area contributed by atoms with E-state index in [1.807, 2.05) is 63.4 Å². The van der Waals surface area contributed by atoms with Crippen LogP contribution in [0, 0.1) is 0 Å². The summed E-state index contributed by atoms with van der Waals surface area (Å²) in [5.41, 5.74) is 2.63. The number of pyridine rings is 1. The molecule has 0 radical (unpaired) electrons. The summed E-state index contributed by atoms with van der Waals surface area (Å²) in [4.78, 5) is 15.9. The van der Waals surface area contributed by atoms with Crippen molar-refractivity contribution in [1.82, 2.24) is 10.3 Å². The van der Waals surface area contributed by atoms with Crippen molar-refractivity contribution < 1.29 is 9.53 Å². The van der Waals surface area contributed by atoms with E-state index in [4.69, 9.17) is 4.74 Å². The molecule has 0 aliphatic heterocycles. The molecule has 5 nitrogen and oxygen atoms in total. The molecule has 0 aliphatic carbocycles. The van der Waals surface area contributed by atoms with Crippen LogP contribution in [0.3, 0.4) is 0 Å². The molecule has 24 heavy (non-hydrogen) atoms. The summed E-state index contributed by atoms with van der Waals surface area (Å²) in [6.45, 7) is 8.04. The highest BCUT2D eigenvalue weighted by molar-refractivity contribution is 5.67. The number of hydrogen-bond donors (Lipinski definition) is 2. The van der Waals surface area contributed by atoms with Crippen LogP contribution in [-0.2, 0) is 11.3 Å². The lowest BCUT2D eigenvalue weighted by molar-refractivity contribution is 0.0523. The van der Waals surface area contributed by atoms with Crippen molar-refractivity contribution in [2.45, 2.75) is 45.9 Å². The van der Waals surface area contributed by atoms with E-state index in [-0.39, 0.29) is 6.04 Å². The summed E-state index contributed by atoms with van der Waals surface area (Å²) in [7, 11) is 0. The number of benzene rings is 1. The zero-order valence-corrected chi connectivity index (χ0v) is 14.7. The predicted molar refractivity (Wildman–Crippen MR) is 95.8 cm³/mol. The van der Waals surface area contributed by atoms with Gasteiger partial charge < -0.3 is 15.4 Å². The summed E-state index contributed by atoms with van der Waals surface area (Å²) >= 11 is 0. The average molecular weight is 327 g/mol. The first-order chi connectivity index (χ1) is 11.3. The van der Waals surface area contributed by atoms with Gasteiger partial charge in [-0.1, -0.05) is 18.2 Å². The molecule has 128 valence electrons. The zero-order chi connectivity index (χ0) is 17.6. The normalized spacial score (nSPS) is 12.3. The molecular formula is C19H25N3O2. The second kappa shape index (κ2) is 7.81. The van der Waals surface area contributed by atoms with Gasteiger partial charge in [-0.15, -0.1) is 0 Å². The van der Waals surface area contributed by atoms with Gasteiger partial charge in [-0.05, 0) is 57.0 Å².